The molecule has 1 unspecified atom stereocenters. The number of aliphatic hydroxyl groups excluding tert-OH is 1. The van der Waals surface area contributed by atoms with Gasteiger partial charge in [-0.2, -0.15) is 26.3 Å². The second-order valence-electron chi connectivity index (χ2n) is 20.2. The molecular weight excluding hydrogens is 1310 g/mol. The summed E-state index contributed by atoms with van der Waals surface area (Å²) in [5, 5.41) is 15.9. The number of hydrogen-bond donors (Lipinski definition) is 1. The van der Waals surface area contributed by atoms with E-state index in [0.29, 0.717) is 72.8 Å². The fraction of sp³-hybridized carbons (Fsp3) is 0.328. The van der Waals surface area contributed by atoms with Crippen LogP contribution < -0.4 is 18.9 Å². The van der Waals surface area contributed by atoms with Crippen molar-refractivity contribution in [1.29, 1.82) is 0 Å². The second kappa shape index (κ2) is 30.5. The van der Waals surface area contributed by atoms with Crippen LogP contribution in [0.5, 0.6) is 0 Å². The normalized spacial score (nSPS) is 14.2. The van der Waals surface area contributed by atoms with Crippen molar-refractivity contribution < 1.29 is 91.0 Å². The van der Waals surface area contributed by atoms with Crippen LogP contribution in [0.15, 0.2) is 113 Å². The predicted molar refractivity (Wildman–Crippen MR) is 322 cm³/mol. The molecule has 2 aliphatic heterocycles. The van der Waals surface area contributed by atoms with Gasteiger partial charge in [-0.1, -0.05) is 110 Å². The van der Waals surface area contributed by atoms with Crippen LogP contribution in [0.4, 0.5) is 26.3 Å². The zero-order chi connectivity index (χ0) is 65.5. The number of rotatable bonds is 11. The Hall–Kier alpha value is -6.19. The molecule has 0 aliphatic carbocycles. The zero-order valence-corrected chi connectivity index (χ0v) is 53.7. The van der Waals surface area contributed by atoms with E-state index in [1.54, 1.807) is 29.2 Å². The van der Waals surface area contributed by atoms with Crippen molar-refractivity contribution in [1.82, 2.24) is 37.7 Å². The number of hydrogen-bond acceptors (Lipinski definition) is 14. The molecule has 2 saturated heterocycles. The SMILES string of the molecule is CC(C)[N-]C(C)C.Cc1cc(C(F)(F)F)nc2c1cc(C(O)c1c(Cl)cnc(C(=O)N3CCOCC3)c1Cl)n2S(=O)(=O)c1ccccc1.Cc1cc(C(F)(F)F)nc2c1ccn2S(=O)(=O)c1ccccc1.O=Cc1c(Cl)cnc(C(=O)N2CCOCC2)c1Cl.[Li+]. The minimum absolute atomic E-state index is 0. The Balaban J connectivity index is 0.000000221. The number of benzene rings is 2. The first kappa shape index (κ1) is 72.9. The van der Waals surface area contributed by atoms with Gasteiger partial charge in [-0.05, 0) is 73.5 Å². The Labute approximate surface area is 545 Å². The molecule has 8 aromatic rings. The summed E-state index contributed by atoms with van der Waals surface area (Å²) in [7, 11) is -8.63. The third kappa shape index (κ3) is 16.7. The number of aldehydes is 1. The fourth-order valence-corrected chi connectivity index (χ4v) is 13.1. The first-order valence-corrected chi connectivity index (χ1v) is 31.2. The van der Waals surface area contributed by atoms with E-state index in [9.17, 15) is 62.7 Å². The van der Waals surface area contributed by atoms with E-state index >= 15 is 0 Å². The first-order chi connectivity index (χ1) is 41.8. The summed E-state index contributed by atoms with van der Waals surface area (Å²) in [6, 6.07) is 19.8. The molecule has 0 saturated carbocycles. The second-order valence-corrected chi connectivity index (χ2v) is 25.4. The Morgan fingerprint density at radius 2 is 1.07 bits per heavy atom. The van der Waals surface area contributed by atoms with E-state index in [-0.39, 0.29) is 107 Å². The van der Waals surface area contributed by atoms with Crippen LogP contribution >= 0.6 is 46.4 Å². The minimum atomic E-state index is -4.88. The number of carbonyl (C=O) groups excluding carboxylic acids is 3. The van der Waals surface area contributed by atoms with E-state index in [1.165, 1.54) is 79.7 Å². The van der Waals surface area contributed by atoms with Gasteiger partial charge in [0.2, 0.25) is 0 Å². The van der Waals surface area contributed by atoms with Gasteiger partial charge in [0.15, 0.2) is 17.6 Å². The number of aliphatic hydroxyl groups is 1. The average Bonchev–Trinajstić information content (AvgIpc) is 1.57. The smallest absolute Gasteiger partial charge is 0.658 e. The van der Waals surface area contributed by atoms with Gasteiger partial charge in [-0.25, -0.2) is 44.7 Å². The predicted octanol–water partition coefficient (Wildman–Crippen LogP) is 9.31. The third-order valence-electron chi connectivity index (χ3n) is 13.2. The summed E-state index contributed by atoms with van der Waals surface area (Å²) < 4.78 is 145. The van der Waals surface area contributed by atoms with Gasteiger partial charge in [0, 0.05) is 61.1 Å². The van der Waals surface area contributed by atoms with E-state index in [4.69, 9.17) is 55.9 Å². The van der Waals surface area contributed by atoms with Crippen molar-refractivity contribution in [3.05, 3.63) is 180 Å². The molecule has 2 aromatic carbocycles. The van der Waals surface area contributed by atoms with Gasteiger partial charge in [-0.15, -0.1) is 12.1 Å². The first-order valence-electron chi connectivity index (χ1n) is 26.8. The maximum Gasteiger partial charge on any atom is 1.00 e. The topological polar surface area (TPSA) is 240 Å². The minimum Gasteiger partial charge on any atom is -0.658 e. The van der Waals surface area contributed by atoms with Gasteiger partial charge in [0.1, 0.15) is 28.9 Å². The number of aryl methyl sites for hydroxylation is 2. The molecular formula is C58H56Cl4F6LiN9O10S2. The van der Waals surface area contributed by atoms with Gasteiger partial charge >= 0.3 is 31.2 Å². The molecule has 2 aliphatic rings. The van der Waals surface area contributed by atoms with Crippen LogP contribution in [-0.2, 0) is 41.9 Å². The number of carbonyl (C=O) groups is 3. The third-order valence-corrected chi connectivity index (χ3v) is 18.0. The summed E-state index contributed by atoms with van der Waals surface area (Å²) in [5.74, 6) is -0.878. The molecule has 0 radical (unpaired) electrons. The molecule has 2 amide bonds. The molecule has 1 N–H and O–H groups in total. The summed E-state index contributed by atoms with van der Waals surface area (Å²) >= 11 is 24.7. The fourth-order valence-electron chi connectivity index (χ4n) is 9.10. The van der Waals surface area contributed by atoms with Gasteiger partial charge in [0.05, 0.1) is 67.6 Å². The maximum absolute atomic E-state index is 13.9. The molecule has 19 nitrogen and oxygen atoms in total. The molecule has 32 heteroatoms. The van der Waals surface area contributed by atoms with Crippen LogP contribution in [0.3, 0.4) is 0 Å². The molecule has 476 valence electrons. The van der Waals surface area contributed by atoms with Crippen molar-refractivity contribution in [2.75, 3.05) is 52.6 Å². The van der Waals surface area contributed by atoms with Crippen LogP contribution in [0.25, 0.3) is 27.4 Å². The number of morpholine rings is 2. The largest absolute Gasteiger partial charge is 1.00 e. The van der Waals surface area contributed by atoms with Crippen LogP contribution in [0.1, 0.15) is 98.9 Å². The van der Waals surface area contributed by atoms with Crippen molar-refractivity contribution in [3.8, 4) is 0 Å². The van der Waals surface area contributed by atoms with Gasteiger partial charge in [-0.3, -0.25) is 14.4 Å². The van der Waals surface area contributed by atoms with Crippen molar-refractivity contribution in [3.63, 3.8) is 0 Å². The molecule has 0 bridgehead atoms. The quantitative estimate of drug-likeness (QED) is 0.0721. The Kier molecular flexibility index (Phi) is 24.7. The summed E-state index contributed by atoms with van der Waals surface area (Å²) in [5.41, 5.74) is -3.60. The number of nitrogens with zero attached hydrogens (tertiary/aromatic N) is 9. The summed E-state index contributed by atoms with van der Waals surface area (Å²) in [4.78, 5) is 54.0. The van der Waals surface area contributed by atoms with Crippen molar-refractivity contribution in [2.24, 2.45) is 0 Å². The van der Waals surface area contributed by atoms with E-state index < -0.39 is 67.1 Å². The number of pyridine rings is 4. The Morgan fingerprint density at radius 1 is 0.633 bits per heavy atom. The van der Waals surface area contributed by atoms with Crippen molar-refractivity contribution in [2.45, 2.75) is 81.9 Å². The standard InChI is InChI=1S/C26H21Cl2F3N4O5S.C15H11F3N2O2S.C11H10Cl2N2O3.C6H14N.Li/c1-14-11-19(26(29,30)31)33-24-16(14)12-18(35(24)41(38,39)15-5-3-2-4-6-15)23(36)20-17(27)13-32-22(21(20)28)25(37)34-7-9-40-10-8-34;1-10-9-13(15(16,17)18)19-14-12(10)7-8-20(14)23(21,22)11-5-3-2-4-6-11;12-8-5-14-10(9(13)7(8)6-16)11(17)15-1-3-18-4-2-15;1-5(2)7-6(3)4;/h2-6,11-13,23,36H,7-10H2,1H3;2-9H,1H3;5-6H,1-4H2;5-6H,1-4H3;/q;;;-1;+1. The van der Waals surface area contributed by atoms with Crippen LogP contribution in [0, 0.1) is 13.8 Å². The number of fused-ring (bicyclic) bond motifs is 2. The van der Waals surface area contributed by atoms with E-state index in [1.807, 2.05) is 0 Å². The number of ether oxygens (including phenoxy) is 2. The Morgan fingerprint density at radius 3 is 1.51 bits per heavy atom. The van der Waals surface area contributed by atoms with E-state index in [0.717, 1.165) is 22.3 Å². The number of alkyl halides is 6. The molecule has 8 heterocycles. The average molecular weight is 1370 g/mol. The number of aromatic nitrogens is 6. The summed E-state index contributed by atoms with van der Waals surface area (Å²) in [6.45, 7) is 14.3. The van der Waals surface area contributed by atoms with Gasteiger partial charge < -0.3 is 29.7 Å². The monoisotopic (exact) mass is 1360 g/mol. The molecule has 1 atom stereocenters. The van der Waals surface area contributed by atoms with Crippen LogP contribution in [0.2, 0.25) is 20.1 Å². The maximum atomic E-state index is 13.9. The van der Waals surface area contributed by atoms with Gasteiger partial charge in [0.25, 0.3) is 31.9 Å². The number of amides is 2. The molecule has 90 heavy (non-hydrogen) atoms. The summed E-state index contributed by atoms with van der Waals surface area (Å²) in [6.07, 6.45) is -7.37. The zero-order valence-electron chi connectivity index (χ0n) is 49.0. The number of halogens is 10. The molecule has 0 spiro atoms. The Bertz CT molecular complexity index is 4120. The van der Waals surface area contributed by atoms with Crippen LogP contribution in [-0.4, -0.2) is 142 Å². The van der Waals surface area contributed by atoms with Crippen molar-refractivity contribution >= 4 is 107 Å². The molecule has 2 fully saturated rings. The molecule has 10 rings (SSSR count). The molecule has 6 aromatic heterocycles. The van der Waals surface area contributed by atoms with E-state index in [2.05, 4.69) is 52.9 Å².